The average molecular weight is 444 g/mol. The highest BCUT2D eigenvalue weighted by molar-refractivity contribution is 6.30. The van der Waals surface area contributed by atoms with Crippen LogP contribution in [0.2, 0.25) is 5.02 Å². The summed E-state index contributed by atoms with van der Waals surface area (Å²) in [6.45, 7) is 0. The first-order chi connectivity index (χ1) is 15.6. The number of aryl methyl sites for hydroxylation is 1. The standard InChI is InChI=1S/C25H22ClN5O/c26-22-8-9-25(32)31(17-22)24-16-29-23(15-30-24)3-1-2-20-10-11-28-14-21(20)12-18-4-6-19(13-27)7-5-18/h4-9,11,14-17,20H,1-3,10,12H2. The number of halogens is 1. The number of nitriles is 1. The number of aromatic nitrogens is 3. The number of rotatable bonds is 7. The third-order valence-electron chi connectivity index (χ3n) is 5.55. The lowest BCUT2D eigenvalue weighted by Gasteiger charge is -2.21. The van der Waals surface area contributed by atoms with Crippen LogP contribution in [-0.4, -0.2) is 20.7 Å². The highest BCUT2D eigenvalue weighted by Gasteiger charge is 2.16. The van der Waals surface area contributed by atoms with Gasteiger partial charge in [-0.1, -0.05) is 23.7 Å². The summed E-state index contributed by atoms with van der Waals surface area (Å²) in [5, 5.41) is 9.44. The van der Waals surface area contributed by atoms with Gasteiger partial charge in [0.15, 0.2) is 5.82 Å². The van der Waals surface area contributed by atoms with E-state index in [0.717, 1.165) is 37.8 Å². The first-order valence-electron chi connectivity index (χ1n) is 10.5. The molecule has 1 atom stereocenters. The van der Waals surface area contributed by atoms with Crippen molar-refractivity contribution in [3.05, 3.63) is 99.0 Å². The summed E-state index contributed by atoms with van der Waals surface area (Å²) in [7, 11) is 0. The molecular formula is C25H22ClN5O. The summed E-state index contributed by atoms with van der Waals surface area (Å²) in [4.78, 5) is 25.2. The molecule has 1 aliphatic rings. The van der Waals surface area contributed by atoms with Gasteiger partial charge >= 0.3 is 0 Å². The van der Waals surface area contributed by atoms with Gasteiger partial charge in [0.2, 0.25) is 0 Å². The second-order valence-electron chi connectivity index (χ2n) is 7.77. The second-order valence-corrected chi connectivity index (χ2v) is 8.20. The van der Waals surface area contributed by atoms with Gasteiger partial charge in [-0.3, -0.25) is 19.3 Å². The van der Waals surface area contributed by atoms with Gasteiger partial charge in [-0.2, -0.15) is 5.26 Å². The van der Waals surface area contributed by atoms with Crippen LogP contribution in [0.1, 0.15) is 36.1 Å². The normalized spacial score (nSPS) is 15.2. The quantitative estimate of drug-likeness (QED) is 0.530. The molecule has 3 aromatic rings. The molecular weight excluding hydrogens is 422 g/mol. The Morgan fingerprint density at radius 1 is 1.12 bits per heavy atom. The fourth-order valence-corrected chi connectivity index (χ4v) is 3.95. The Bertz CT molecular complexity index is 1240. The van der Waals surface area contributed by atoms with Gasteiger partial charge < -0.3 is 0 Å². The van der Waals surface area contributed by atoms with Crippen LogP contribution in [0, 0.1) is 17.2 Å². The molecule has 0 N–H and O–H groups in total. The lowest BCUT2D eigenvalue weighted by Crippen LogP contribution is -2.17. The minimum absolute atomic E-state index is 0.197. The highest BCUT2D eigenvalue weighted by Crippen LogP contribution is 2.27. The molecule has 0 saturated carbocycles. The molecule has 1 aliphatic heterocycles. The fraction of sp³-hybridized carbons (Fsp3) is 0.240. The van der Waals surface area contributed by atoms with Crippen LogP contribution in [-0.2, 0) is 12.8 Å². The number of allylic oxidation sites excluding steroid dienone is 1. The molecule has 32 heavy (non-hydrogen) atoms. The predicted octanol–water partition coefficient (Wildman–Crippen LogP) is 4.69. The maximum atomic E-state index is 12.0. The number of hydrogen-bond acceptors (Lipinski definition) is 5. The van der Waals surface area contributed by atoms with E-state index in [1.54, 1.807) is 24.7 Å². The Morgan fingerprint density at radius 3 is 2.72 bits per heavy atom. The Kier molecular flexibility index (Phi) is 6.88. The number of hydrogen-bond donors (Lipinski definition) is 0. The molecule has 0 fully saturated rings. The van der Waals surface area contributed by atoms with Gasteiger partial charge in [-0.15, -0.1) is 0 Å². The smallest absolute Gasteiger partial charge is 0.256 e. The van der Waals surface area contributed by atoms with E-state index in [0.29, 0.717) is 22.3 Å². The molecule has 3 heterocycles. The van der Waals surface area contributed by atoms with Crippen molar-refractivity contribution in [3.63, 3.8) is 0 Å². The van der Waals surface area contributed by atoms with Crippen LogP contribution in [0.15, 0.2) is 76.5 Å². The van der Waals surface area contributed by atoms with Crippen molar-refractivity contribution >= 4 is 17.8 Å². The Balaban J connectivity index is 1.34. The summed E-state index contributed by atoms with van der Waals surface area (Å²) in [6, 6.07) is 12.9. The molecule has 0 bridgehead atoms. The largest absolute Gasteiger partial charge is 0.269 e. The van der Waals surface area contributed by atoms with Crippen LogP contribution in [0.25, 0.3) is 5.82 Å². The molecule has 6 nitrogen and oxygen atoms in total. The molecule has 4 rings (SSSR count). The van der Waals surface area contributed by atoms with Crippen LogP contribution < -0.4 is 5.56 Å². The topological polar surface area (TPSA) is 83.9 Å². The lowest BCUT2D eigenvalue weighted by atomic mass is 9.86. The van der Waals surface area contributed by atoms with Crippen LogP contribution in [0.3, 0.4) is 0 Å². The molecule has 0 radical (unpaired) electrons. The van der Waals surface area contributed by atoms with E-state index >= 15 is 0 Å². The number of benzene rings is 1. The van der Waals surface area contributed by atoms with Crippen LogP contribution in [0.4, 0.5) is 0 Å². The monoisotopic (exact) mass is 443 g/mol. The van der Waals surface area contributed by atoms with E-state index in [-0.39, 0.29) is 5.56 Å². The van der Waals surface area contributed by atoms with E-state index in [9.17, 15) is 4.79 Å². The zero-order chi connectivity index (χ0) is 22.3. The minimum atomic E-state index is -0.197. The van der Waals surface area contributed by atoms with Crippen molar-refractivity contribution in [2.75, 3.05) is 0 Å². The first-order valence-corrected chi connectivity index (χ1v) is 10.9. The fourth-order valence-electron chi connectivity index (χ4n) is 3.79. The van der Waals surface area contributed by atoms with Crippen molar-refractivity contribution in [2.24, 2.45) is 10.9 Å². The SMILES string of the molecule is N#Cc1ccc(CC2=CN=CCC2CCCc2cnc(-n3cc(Cl)ccc3=O)cn2)cc1. The number of nitrogens with zero attached hydrogens (tertiary/aromatic N) is 5. The van der Waals surface area contributed by atoms with Crippen molar-refractivity contribution < 1.29 is 0 Å². The molecule has 0 saturated heterocycles. The van der Waals surface area contributed by atoms with Gasteiger partial charge in [0.25, 0.3) is 5.56 Å². The predicted molar refractivity (Wildman–Crippen MR) is 125 cm³/mol. The minimum Gasteiger partial charge on any atom is -0.269 e. The van der Waals surface area contributed by atoms with Gasteiger partial charge in [0.05, 0.1) is 34.7 Å². The van der Waals surface area contributed by atoms with Gasteiger partial charge in [0.1, 0.15) is 0 Å². The molecule has 1 aromatic carbocycles. The van der Waals surface area contributed by atoms with E-state index < -0.39 is 0 Å². The zero-order valence-corrected chi connectivity index (χ0v) is 18.2. The highest BCUT2D eigenvalue weighted by atomic mass is 35.5. The molecule has 160 valence electrons. The zero-order valence-electron chi connectivity index (χ0n) is 17.5. The molecule has 2 aromatic heterocycles. The summed E-state index contributed by atoms with van der Waals surface area (Å²) >= 11 is 5.98. The molecule has 1 unspecified atom stereocenters. The summed E-state index contributed by atoms with van der Waals surface area (Å²) < 4.78 is 1.39. The van der Waals surface area contributed by atoms with Crippen molar-refractivity contribution in [2.45, 2.75) is 32.1 Å². The van der Waals surface area contributed by atoms with Gasteiger partial charge in [-0.05, 0) is 67.4 Å². The third-order valence-corrected chi connectivity index (χ3v) is 5.77. The summed E-state index contributed by atoms with van der Waals surface area (Å²) in [5.41, 5.74) is 3.88. The van der Waals surface area contributed by atoms with Gasteiger partial charge in [-0.25, -0.2) is 4.98 Å². The third kappa shape index (κ3) is 5.37. The van der Waals surface area contributed by atoms with E-state index in [4.69, 9.17) is 16.9 Å². The molecule has 7 heteroatoms. The molecule has 0 amide bonds. The Labute approximate surface area is 191 Å². The van der Waals surface area contributed by atoms with Crippen molar-refractivity contribution in [1.29, 1.82) is 5.26 Å². The van der Waals surface area contributed by atoms with Crippen LogP contribution >= 0.6 is 11.6 Å². The molecule has 0 aliphatic carbocycles. The van der Waals surface area contributed by atoms with E-state index in [1.807, 2.05) is 36.7 Å². The van der Waals surface area contributed by atoms with E-state index in [2.05, 4.69) is 21.0 Å². The Morgan fingerprint density at radius 2 is 1.97 bits per heavy atom. The van der Waals surface area contributed by atoms with Gasteiger partial charge in [0, 0.05) is 24.7 Å². The maximum absolute atomic E-state index is 12.0. The summed E-state index contributed by atoms with van der Waals surface area (Å²) in [5.74, 6) is 0.901. The van der Waals surface area contributed by atoms with E-state index in [1.165, 1.54) is 21.8 Å². The maximum Gasteiger partial charge on any atom is 0.256 e. The lowest BCUT2D eigenvalue weighted by molar-refractivity contribution is 0.536. The first kappa shape index (κ1) is 21.7. The average Bonchev–Trinajstić information content (AvgIpc) is 2.83. The number of pyridine rings is 1. The van der Waals surface area contributed by atoms with Crippen LogP contribution in [0.5, 0.6) is 0 Å². The Hall–Kier alpha value is -3.56. The van der Waals surface area contributed by atoms with Crippen molar-refractivity contribution in [1.82, 2.24) is 14.5 Å². The second kappa shape index (κ2) is 10.2. The number of aliphatic imine (C=N–C) groups is 1. The molecule has 0 spiro atoms. The summed E-state index contributed by atoms with van der Waals surface area (Å²) in [6.07, 6.45) is 13.4. The van der Waals surface area contributed by atoms with Crippen molar-refractivity contribution in [3.8, 4) is 11.9 Å².